The highest BCUT2D eigenvalue weighted by atomic mass is 32.1. The quantitative estimate of drug-likeness (QED) is 0.622. The third-order valence-electron chi connectivity index (χ3n) is 2.22. The monoisotopic (exact) mass is 332 g/mol. The number of aromatic nitrogens is 1. The van der Waals surface area contributed by atoms with E-state index in [0.717, 1.165) is 21.4 Å². The van der Waals surface area contributed by atoms with E-state index in [1.807, 2.05) is 97.0 Å². The highest BCUT2D eigenvalue weighted by Gasteiger charge is 2.05. The van der Waals surface area contributed by atoms with Gasteiger partial charge in [-0.2, -0.15) is 0 Å². The molecule has 1 N–H and O–H groups in total. The van der Waals surface area contributed by atoms with Gasteiger partial charge in [0.15, 0.2) is 5.13 Å². The molecule has 0 radical (unpaired) electrons. The molecule has 128 valence electrons. The molecule has 0 aliphatic carbocycles. The van der Waals surface area contributed by atoms with Gasteiger partial charge in [-0.3, -0.25) is 0 Å². The fraction of sp³-hybridized carbons (Fsp3) is 0.350. The van der Waals surface area contributed by atoms with E-state index in [1.54, 1.807) is 11.3 Å². The lowest BCUT2D eigenvalue weighted by molar-refractivity contribution is 1.35. The fourth-order valence-electron chi connectivity index (χ4n) is 1.47. The molecule has 1 aromatic carbocycles. The van der Waals surface area contributed by atoms with Gasteiger partial charge in [0.2, 0.25) is 0 Å². The van der Waals surface area contributed by atoms with Crippen molar-refractivity contribution in [1.29, 1.82) is 0 Å². The maximum Gasteiger partial charge on any atom is 0.188 e. The van der Waals surface area contributed by atoms with Crippen molar-refractivity contribution in [3.05, 3.63) is 53.6 Å². The summed E-state index contributed by atoms with van der Waals surface area (Å²) < 4.78 is 0. The molecule has 1 aromatic heterocycles. The second-order valence-electron chi connectivity index (χ2n) is 3.46. The van der Waals surface area contributed by atoms with E-state index in [2.05, 4.69) is 16.9 Å². The van der Waals surface area contributed by atoms with Gasteiger partial charge in [-0.25, -0.2) is 4.98 Å². The Kier molecular flexibility index (Phi) is 16.8. The number of nitrogens with zero attached hydrogens (tertiary/aromatic N) is 1. The van der Waals surface area contributed by atoms with Crippen LogP contribution in [-0.2, 0) is 0 Å². The molecule has 1 heterocycles. The largest absolute Gasteiger partial charge is 0.332 e. The molecule has 3 heteroatoms. The molecule has 0 spiro atoms. The number of nitrogens with one attached hydrogen (secondary N) is 1. The molecule has 0 amide bonds. The van der Waals surface area contributed by atoms with E-state index in [4.69, 9.17) is 0 Å². The molecule has 0 bridgehead atoms. The van der Waals surface area contributed by atoms with Gasteiger partial charge in [0.05, 0.1) is 10.6 Å². The first-order valence-corrected chi connectivity index (χ1v) is 9.23. The van der Waals surface area contributed by atoms with Crippen LogP contribution in [0, 0.1) is 0 Å². The Balaban J connectivity index is 0. The van der Waals surface area contributed by atoms with E-state index >= 15 is 0 Å². The first-order chi connectivity index (χ1) is 11.3. The van der Waals surface area contributed by atoms with Gasteiger partial charge < -0.3 is 5.32 Å². The van der Waals surface area contributed by atoms with Crippen molar-refractivity contribution in [3.8, 4) is 0 Å². The lowest BCUT2D eigenvalue weighted by Crippen LogP contribution is -1.88. The molecule has 0 fully saturated rings. The van der Waals surface area contributed by atoms with Crippen LogP contribution in [0.5, 0.6) is 0 Å². The Labute approximate surface area is 147 Å². The number of rotatable bonds is 4. The van der Waals surface area contributed by atoms with Crippen molar-refractivity contribution in [2.24, 2.45) is 0 Å². The number of thiazole rings is 1. The molecule has 0 aliphatic rings. The summed E-state index contributed by atoms with van der Waals surface area (Å²) >= 11 is 1.60. The molecule has 0 saturated carbocycles. The Bertz CT molecular complexity index is 528. The normalized spacial score (nSPS) is 8.65. The first kappa shape index (κ1) is 23.4. The zero-order valence-electron chi connectivity index (χ0n) is 15.7. The minimum absolute atomic E-state index is 0.888. The fourth-order valence-corrected chi connectivity index (χ4v) is 2.29. The average molecular weight is 333 g/mol. The number of benzene rings is 1. The van der Waals surface area contributed by atoms with Crippen LogP contribution in [0.4, 0.5) is 10.8 Å². The molecule has 0 saturated heterocycles. The predicted molar refractivity (Wildman–Crippen MR) is 111 cm³/mol. The van der Waals surface area contributed by atoms with Crippen molar-refractivity contribution in [2.75, 3.05) is 5.32 Å². The van der Waals surface area contributed by atoms with Gasteiger partial charge >= 0.3 is 0 Å². The first-order valence-electron chi connectivity index (χ1n) is 8.41. The molecule has 0 atom stereocenters. The maximum atomic E-state index is 4.52. The van der Waals surface area contributed by atoms with Gasteiger partial charge in [-0.1, -0.05) is 83.7 Å². The Hall–Kier alpha value is -1.87. The van der Waals surface area contributed by atoms with Crippen molar-refractivity contribution < 1.29 is 0 Å². The zero-order chi connectivity index (χ0) is 18.1. The predicted octanol–water partition coefficient (Wildman–Crippen LogP) is 7.64. The van der Waals surface area contributed by atoms with E-state index in [0.29, 0.717) is 0 Å². The minimum atomic E-state index is 0.888. The van der Waals surface area contributed by atoms with Crippen LogP contribution in [0.3, 0.4) is 0 Å². The number of hydrogen-bond acceptors (Lipinski definition) is 3. The van der Waals surface area contributed by atoms with Gasteiger partial charge in [-0.15, -0.1) is 0 Å². The van der Waals surface area contributed by atoms with Crippen molar-refractivity contribution in [2.45, 2.75) is 48.5 Å². The van der Waals surface area contributed by atoms with Crippen LogP contribution in [0.1, 0.15) is 59.0 Å². The Morgan fingerprint density at radius 1 is 1.00 bits per heavy atom. The molecule has 2 aromatic rings. The summed E-state index contributed by atoms with van der Waals surface area (Å²) in [5, 5.41) is 4.17. The molecule has 23 heavy (non-hydrogen) atoms. The third kappa shape index (κ3) is 8.99. The summed E-state index contributed by atoms with van der Waals surface area (Å²) in [5.74, 6) is 0. The van der Waals surface area contributed by atoms with E-state index in [-0.39, 0.29) is 0 Å². The van der Waals surface area contributed by atoms with E-state index in [1.165, 1.54) is 0 Å². The summed E-state index contributed by atoms with van der Waals surface area (Å²) in [6, 6.07) is 10.0. The molecule has 2 nitrogen and oxygen atoms in total. The average Bonchev–Trinajstić information content (AvgIpc) is 3.03. The van der Waals surface area contributed by atoms with Crippen molar-refractivity contribution in [3.63, 3.8) is 0 Å². The number of allylic oxidation sites excluding steroid dienone is 1. The molecular formula is C20H32N2S. The lowest BCUT2D eigenvalue weighted by Gasteiger charge is -2.00. The minimum Gasteiger partial charge on any atom is -0.332 e. The standard InChI is InChI=1S/C14H14N2S.3C2H6/c1-3-8-12-13(4-2)17-14(16-12)15-11-9-6-5-7-10-11;3*1-2/h3-10H,2H2,1H3,(H,15,16);3*1-2H3/b8-3-;;;. The van der Waals surface area contributed by atoms with Crippen LogP contribution in [-0.4, -0.2) is 4.98 Å². The summed E-state index contributed by atoms with van der Waals surface area (Å²) in [4.78, 5) is 5.60. The Morgan fingerprint density at radius 2 is 1.57 bits per heavy atom. The van der Waals surface area contributed by atoms with Gasteiger partial charge in [0.1, 0.15) is 0 Å². The number of anilines is 2. The molecular weight excluding hydrogens is 300 g/mol. The van der Waals surface area contributed by atoms with Crippen LogP contribution < -0.4 is 5.32 Å². The summed E-state index contributed by atoms with van der Waals surface area (Å²) in [5.41, 5.74) is 2.01. The second kappa shape index (κ2) is 16.5. The lowest BCUT2D eigenvalue weighted by atomic mass is 10.3. The van der Waals surface area contributed by atoms with Crippen LogP contribution >= 0.6 is 11.3 Å². The van der Waals surface area contributed by atoms with Crippen LogP contribution in [0.15, 0.2) is 43.0 Å². The zero-order valence-corrected chi connectivity index (χ0v) is 16.5. The number of hydrogen-bond donors (Lipinski definition) is 1. The summed E-state index contributed by atoms with van der Waals surface area (Å²) in [6.45, 7) is 17.8. The highest BCUT2D eigenvalue weighted by Crippen LogP contribution is 2.27. The van der Waals surface area contributed by atoms with Crippen molar-refractivity contribution >= 4 is 34.3 Å². The molecule has 0 unspecified atom stereocenters. The summed E-state index contributed by atoms with van der Waals surface area (Å²) in [7, 11) is 0. The van der Waals surface area contributed by atoms with Gasteiger partial charge in [0.25, 0.3) is 0 Å². The smallest absolute Gasteiger partial charge is 0.188 e. The second-order valence-corrected chi connectivity index (χ2v) is 4.49. The van der Waals surface area contributed by atoms with Gasteiger partial charge in [0, 0.05) is 5.69 Å². The maximum absolute atomic E-state index is 4.52. The number of para-hydroxylation sites is 1. The molecule has 2 rings (SSSR count). The van der Waals surface area contributed by atoms with Crippen molar-refractivity contribution in [1.82, 2.24) is 4.98 Å². The molecule has 0 aliphatic heterocycles. The SMILES string of the molecule is C=Cc1sc(Nc2ccccc2)nc1/C=C\C.CC.CC.CC. The highest BCUT2D eigenvalue weighted by molar-refractivity contribution is 7.16. The summed E-state index contributed by atoms with van der Waals surface area (Å²) in [6.07, 6.45) is 5.81. The third-order valence-corrected chi connectivity index (χ3v) is 3.20. The van der Waals surface area contributed by atoms with E-state index in [9.17, 15) is 0 Å². The van der Waals surface area contributed by atoms with Crippen LogP contribution in [0.25, 0.3) is 12.2 Å². The van der Waals surface area contributed by atoms with Gasteiger partial charge in [-0.05, 0) is 31.2 Å². The topological polar surface area (TPSA) is 24.9 Å². The van der Waals surface area contributed by atoms with Crippen LogP contribution in [0.2, 0.25) is 0 Å². The Morgan fingerprint density at radius 3 is 2.04 bits per heavy atom. The van der Waals surface area contributed by atoms with E-state index < -0.39 is 0 Å².